The molecular formula is C11H14BrNOS. The normalized spacial score (nSPS) is 24.3. The molecule has 1 aliphatic rings. The lowest BCUT2D eigenvalue weighted by molar-refractivity contribution is 0.408. The number of halogens is 1. The van der Waals surface area contributed by atoms with Gasteiger partial charge in [0.15, 0.2) is 4.90 Å². The van der Waals surface area contributed by atoms with Crippen LogP contribution in [0, 0.1) is 0 Å². The number of benzene rings is 1. The Hall–Kier alpha value is -0.0300. The van der Waals surface area contributed by atoms with Crippen molar-refractivity contribution in [1.82, 2.24) is 4.31 Å². The van der Waals surface area contributed by atoms with Crippen molar-refractivity contribution in [2.45, 2.75) is 30.7 Å². The van der Waals surface area contributed by atoms with Gasteiger partial charge in [-0.15, -0.1) is 4.31 Å². The first kappa shape index (κ1) is 11.5. The molecule has 0 saturated carbocycles. The molecule has 2 atom stereocenters. The van der Waals surface area contributed by atoms with Crippen molar-refractivity contribution in [3.8, 4) is 0 Å². The smallest absolute Gasteiger partial charge is 0.174 e. The van der Waals surface area contributed by atoms with E-state index in [1.54, 1.807) is 0 Å². The predicted octanol–water partition coefficient (Wildman–Crippen LogP) is 2.96. The zero-order valence-electron chi connectivity index (χ0n) is 8.65. The zero-order valence-corrected chi connectivity index (χ0v) is 11.1. The highest BCUT2D eigenvalue weighted by molar-refractivity contribution is 9.10. The van der Waals surface area contributed by atoms with Gasteiger partial charge in [-0.05, 0) is 44.0 Å². The van der Waals surface area contributed by atoms with Crippen LogP contribution in [0.25, 0.3) is 0 Å². The van der Waals surface area contributed by atoms with E-state index < -0.39 is 11.4 Å². The summed E-state index contributed by atoms with van der Waals surface area (Å²) in [5, 5.41) is 0. The first-order valence-corrected chi connectivity index (χ1v) is 7.02. The standard InChI is InChI=1S/C11H14BrNOS/c1-9-3-2-8-13(9)15(14)11-6-4-10(12)5-7-11/h4-7,9H,2-3,8H2,1H3. The van der Waals surface area contributed by atoms with E-state index in [9.17, 15) is 4.55 Å². The van der Waals surface area contributed by atoms with E-state index in [1.807, 2.05) is 24.3 Å². The van der Waals surface area contributed by atoms with Crippen LogP contribution in [0.4, 0.5) is 0 Å². The van der Waals surface area contributed by atoms with Crippen molar-refractivity contribution >= 4 is 27.3 Å². The fraction of sp³-hybridized carbons (Fsp3) is 0.455. The van der Waals surface area contributed by atoms with Crippen LogP contribution in [0.3, 0.4) is 0 Å². The molecule has 1 aromatic rings. The minimum absolute atomic E-state index is 0.439. The van der Waals surface area contributed by atoms with Crippen molar-refractivity contribution in [1.29, 1.82) is 0 Å². The molecule has 2 rings (SSSR count). The van der Waals surface area contributed by atoms with Gasteiger partial charge in [-0.25, -0.2) is 0 Å². The maximum absolute atomic E-state index is 12.2. The van der Waals surface area contributed by atoms with E-state index in [4.69, 9.17) is 0 Å². The van der Waals surface area contributed by atoms with Crippen molar-refractivity contribution in [3.05, 3.63) is 28.7 Å². The van der Waals surface area contributed by atoms with Gasteiger partial charge in [0, 0.05) is 11.0 Å². The van der Waals surface area contributed by atoms with Crippen LogP contribution in [0.15, 0.2) is 33.6 Å². The molecule has 1 aromatic carbocycles. The van der Waals surface area contributed by atoms with Gasteiger partial charge in [-0.2, -0.15) is 0 Å². The molecular weight excluding hydrogens is 274 g/mol. The molecule has 0 spiro atoms. The van der Waals surface area contributed by atoms with Gasteiger partial charge in [0.05, 0.1) is 17.4 Å². The first-order valence-electron chi connectivity index (χ1n) is 5.12. The van der Waals surface area contributed by atoms with Gasteiger partial charge >= 0.3 is 0 Å². The van der Waals surface area contributed by atoms with Gasteiger partial charge in [-0.3, -0.25) is 0 Å². The van der Waals surface area contributed by atoms with Crippen LogP contribution in [-0.4, -0.2) is 21.4 Å². The number of nitrogens with zero attached hydrogens (tertiary/aromatic N) is 1. The molecule has 0 N–H and O–H groups in total. The largest absolute Gasteiger partial charge is 0.593 e. The highest BCUT2D eigenvalue weighted by Crippen LogP contribution is 2.26. The second-order valence-corrected chi connectivity index (χ2v) is 6.19. The lowest BCUT2D eigenvalue weighted by Gasteiger charge is -2.22. The topological polar surface area (TPSA) is 26.3 Å². The number of hydrogen-bond donors (Lipinski definition) is 0. The van der Waals surface area contributed by atoms with Crippen LogP contribution in [-0.2, 0) is 11.4 Å². The molecule has 0 amide bonds. The predicted molar refractivity (Wildman–Crippen MR) is 66.0 cm³/mol. The highest BCUT2D eigenvalue weighted by atomic mass is 79.9. The summed E-state index contributed by atoms with van der Waals surface area (Å²) in [4.78, 5) is 0.895. The second kappa shape index (κ2) is 4.87. The van der Waals surface area contributed by atoms with Crippen molar-refractivity contribution < 1.29 is 4.55 Å². The molecule has 1 fully saturated rings. The first-order chi connectivity index (χ1) is 7.18. The third-order valence-corrected chi connectivity index (χ3v) is 4.89. The fourth-order valence-electron chi connectivity index (χ4n) is 1.84. The number of rotatable bonds is 2. The van der Waals surface area contributed by atoms with Crippen molar-refractivity contribution in [3.63, 3.8) is 0 Å². The molecule has 1 heterocycles. The van der Waals surface area contributed by atoms with Gasteiger partial charge < -0.3 is 4.55 Å². The van der Waals surface area contributed by atoms with Crippen LogP contribution in [0.5, 0.6) is 0 Å². The number of hydrogen-bond acceptors (Lipinski definition) is 2. The third kappa shape index (κ3) is 2.56. The average molecular weight is 288 g/mol. The summed E-state index contributed by atoms with van der Waals surface area (Å²) >= 11 is 2.39. The van der Waals surface area contributed by atoms with E-state index in [-0.39, 0.29) is 0 Å². The Morgan fingerprint density at radius 1 is 1.40 bits per heavy atom. The second-order valence-electron chi connectivity index (χ2n) is 3.84. The van der Waals surface area contributed by atoms with Crippen LogP contribution in [0.2, 0.25) is 0 Å². The van der Waals surface area contributed by atoms with E-state index in [2.05, 4.69) is 27.2 Å². The van der Waals surface area contributed by atoms with E-state index in [0.29, 0.717) is 6.04 Å². The molecule has 0 aromatic heterocycles. The zero-order chi connectivity index (χ0) is 10.8. The minimum atomic E-state index is -0.985. The molecule has 0 radical (unpaired) electrons. The molecule has 4 heteroatoms. The van der Waals surface area contributed by atoms with Gasteiger partial charge in [0.1, 0.15) is 0 Å². The Balaban J connectivity index is 2.13. The van der Waals surface area contributed by atoms with Gasteiger partial charge in [0.2, 0.25) is 0 Å². The summed E-state index contributed by atoms with van der Waals surface area (Å²) in [5.74, 6) is 0. The molecule has 0 aliphatic carbocycles. The molecule has 1 aliphatic heterocycles. The summed E-state index contributed by atoms with van der Waals surface area (Å²) in [6.07, 6.45) is 2.31. The summed E-state index contributed by atoms with van der Waals surface area (Å²) in [6, 6.07) is 8.16. The lowest BCUT2D eigenvalue weighted by atomic mass is 10.3. The molecule has 82 valence electrons. The quantitative estimate of drug-likeness (QED) is 0.782. The molecule has 2 nitrogen and oxygen atoms in total. The molecule has 2 unspecified atom stereocenters. The Morgan fingerprint density at radius 3 is 2.60 bits per heavy atom. The molecule has 1 saturated heterocycles. The Labute approximate surface area is 102 Å². The fourth-order valence-corrected chi connectivity index (χ4v) is 3.47. The Kier molecular flexibility index (Phi) is 3.72. The summed E-state index contributed by atoms with van der Waals surface area (Å²) in [5.41, 5.74) is 0. The third-order valence-electron chi connectivity index (χ3n) is 2.72. The van der Waals surface area contributed by atoms with E-state index in [1.165, 1.54) is 0 Å². The van der Waals surface area contributed by atoms with Crippen molar-refractivity contribution in [2.24, 2.45) is 0 Å². The van der Waals surface area contributed by atoms with Gasteiger partial charge in [0.25, 0.3) is 0 Å². The van der Waals surface area contributed by atoms with Crippen molar-refractivity contribution in [2.75, 3.05) is 6.54 Å². The van der Waals surface area contributed by atoms with E-state index in [0.717, 1.165) is 28.8 Å². The Morgan fingerprint density at radius 2 is 2.07 bits per heavy atom. The SMILES string of the molecule is CC1CCCN1[S+]([O-])c1ccc(Br)cc1. The summed E-state index contributed by atoms with van der Waals surface area (Å²) < 4.78 is 15.3. The average Bonchev–Trinajstić information content (AvgIpc) is 2.65. The van der Waals surface area contributed by atoms with Crippen LogP contribution >= 0.6 is 15.9 Å². The van der Waals surface area contributed by atoms with E-state index >= 15 is 0 Å². The van der Waals surface area contributed by atoms with Crippen LogP contribution < -0.4 is 0 Å². The molecule has 15 heavy (non-hydrogen) atoms. The monoisotopic (exact) mass is 287 g/mol. The van der Waals surface area contributed by atoms with Gasteiger partial charge in [-0.1, -0.05) is 15.9 Å². The highest BCUT2D eigenvalue weighted by Gasteiger charge is 2.31. The Bertz CT molecular complexity index is 330. The minimum Gasteiger partial charge on any atom is -0.593 e. The lowest BCUT2D eigenvalue weighted by Crippen LogP contribution is -2.33. The maximum Gasteiger partial charge on any atom is 0.174 e. The summed E-state index contributed by atoms with van der Waals surface area (Å²) in [6.45, 7) is 3.09. The summed E-state index contributed by atoms with van der Waals surface area (Å²) in [7, 11) is 0. The van der Waals surface area contributed by atoms with Crippen LogP contribution in [0.1, 0.15) is 19.8 Å². The molecule has 0 bridgehead atoms. The maximum atomic E-state index is 12.2.